The summed E-state index contributed by atoms with van der Waals surface area (Å²) in [7, 11) is 1.42. The number of hydrogen-bond acceptors (Lipinski definition) is 5. The molecule has 7 heteroatoms. The smallest absolute Gasteiger partial charge is 0.309 e. The van der Waals surface area contributed by atoms with Crippen LogP contribution in [0.2, 0.25) is 5.02 Å². The van der Waals surface area contributed by atoms with E-state index in [0.717, 1.165) is 45.1 Å². The number of hydrogen-bond donors (Lipinski definition) is 1. The number of methoxy groups -OCH3 is 1. The van der Waals surface area contributed by atoms with Crippen LogP contribution >= 0.6 is 22.9 Å². The van der Waals surface area contributed by atoms with E-state index in [9.17, 15) is 9.59 Å². The third kappa shape index (κ3) is 2.54. The number of thiophene rings is 1. The Balaban J connectivity index is 1.69. The molecule has 1 aliphatic heterocycles. The van der Waals surface area contributed by atoms with Crippen molar-refractivity contribution >= 4 is 45.5 Å². The lowest BCUT2D eigenvalue weighted by Crippen LogP contribution is -2.26. The average molecular weight is 401 g/mol. The van der Waals surface area contributed by atoms with E-state index in [-0.39, 0.29) is 17.8 Å². The van der Waals surface area contributed by atoms with E-state index in [0.29, 0.717) is 17.9 Å². The van der Waals surface area contributed by atoms with Gasteiger partial charge in [-0.05, 0) is 37.3 Å². The first-order chi connectivity index (χ1) is 13.0. The molecule has 2 aromatic rings. The fraction of sp³-hybridized carbons (Fsp3) is 0.350. The summed E-state index contributed by atoms with van der Waals surface area (Å²) < 4.78 is 4.94. The van der Waals surface area contributed by atoms with Crippen LogP contribution in [-0.2, 0) is 27.2 Å². The zero-order chi connectivity index (χ0) is 18.8. The molecule has 1 aromatic heterocycles. The van der Waals surface area contributed by atoms with Crippen molar-refractivity contribution in [3.05, 3.63) is 50.9 Å². The summed E-state index contributed by atoms with van der Waals surface area (Å²) in [5, 5.41) is 4.51. The lowest BCUT2D eigenvalue weighted by Gasteiger charge is -2.12. The van der Waals surface area contributed by atoms with Crippen molar-refractivity contribution in [2.75, 3.05) is 12.4 Å². The second-order valence-electron chi connectivity index (χ2n) is 7.26. The van der Waals surface area contributed by atoms with Crippen molar-refractivity contribution in [2.45, 2.75) is 31.2 Å². The molecule has 0 radical (unpaired) electrons. The van der Waals surface area contributed by atoms with Crippen LogP contribution in [0.5, 0.6) is 0 Å². The topological polar surface area (TPSA) is 67.8 Å². The molecule has 2 heterocycles. The quantitative estimate of drug-likeness (QED) is 0.783. The van der Waals surface area contributed by atoms with Crippen LogP contribution < -0.4 is 5.32 Å². The number of esters is 1. The number of nitrogens with zero attached hydrogens (tertiary/aromatic N) is 1. The summed E-state index contributed by atoms with van der Waals surface area (Å²) in [6.45, 7) is 0. The maximum Gasteiger partial charge on any atom is 0.309 e. The molecule has 1 saturated carbocycles. The summed E-state index contributed by atoms with van der Waals surface area (Å²) in [6.07, 6.45) is 2.72. The number of ether oxygens (including phenoxy) is 1. The average Bonchev–Trinajstić information content (AvgIpc) is 3.25. The van der Waals surface area contributed by atoms with Gasteiger partial charge in [0.05, 0.1) is 18.7 Å². The molecule has 27 heavy (non-hydrogen) atoms. The Bertz CT molecular complexity index is 1020. The van der Waals surface area contributed by atoms with Crippen LogP contribution in [-0.4, -0.2) is 30.2 Å². The molecule has 1 fully saturated rings. The number of halogens is 1. The van der Waals surface area contributed by atoms with Gasteiger partial charge in [-0.2, -0.15) is 0 Å². The number of anilines is 1. The normalized spacial score (nSPS) is 21.8. The maximum absolute atomic E-state index is 12.8. The first kappa shape index (κ1) is 17.0. The van der Waals surface area contributed by atoms with Crippen LogP contribution in [0.25, 0.3) is 0 Å². The van der Waals surface area contributed by atoms with E-state index in [4.69, 9.17) is 21.3 Å². The van der Waals surface area contributed by atoms with Gasteiger partial charge in [0, 0.05) is 21.0 Å². The number of benzene rings is 1. The predicted octanol–water partition coefficient (Wildman–Crippen LogP) is 3.61. The van der Waals surface area contributed by atoms with Gasteiger partial charge in [0.1, 0.15) is 10.5 Å². The largest absolute Gasteiger partial charge is 0.469 e. The van der Waals surface area contributed by atoms with Crippen LogP contribution in [0.3, 0.4) is 0 Å². The second-order valence-corrected chi connectivity index (χ2v) is 8.77. The number of aliphatic imine (C=N–C) groups is 1. The molecular weight excluding hydrogens is 384 g/mol. The minimum absolute atomic E-state index is 0.0461. The van der Waals surface area contributed by atoms with Gasteiger partial charge in [0.2, 0.25) is 0 Å². The molecule has 1 N–H and O–H groups in total. The number of amides is 1. The van der Waals surface area contributed by atoms with Crippen molar-refractivity contribution in [1.82, 2.24) is 0 Å². The summed E-state index contributed by atoms with van der Waals surface area (Å²) in [5.74, 6) is -0.419. The molecule has 1 amide bonds. The van der Waals surface area contributed by atoms with Gasteiger partial charge in [0.25, 0.3) is 5.91 Å². The Kier molecular flexibility index (Phi) is 3.71. The minimum atomic E-state index is -0.680. The number of carbonyl (C=O) groups excluding carboxylic acids is 2. The molecule has 5 rings (SSSR count). The summed E-state index contributed by atoms with van der Waals surface area (Å²) >= 11 is 8.03. The summed E-state index contributed by atoms with van der Waals surface area (Å²) in [6, 6.07) is 7.58. The van der Waals surface area contributed by atoms with Gasteiger partial charge in [-0.15, -0.1) is 11.3 Å². The van der Waals surface area contributed by atoms with Crippen LogP contribution in [0, 0.1) is 5.92 Å². The van der Waals surface area contributed by atoms with Crippen molar-refractivity contribution < 1.29 is 14.3 Å². The molecule has 138 valence electrons. The van der Waals surface area contributed by atoms with Crippen LogP contribution in [0.1, 0.15) is 34.4 Å². The van der Waals surface area contributed by atoms with E-state index in [1.807, 2.05) is 24.3 Å². The Hall–Kier alpha value is -2.18. The molecular formula is C20H17ClN2O3S. The van der Waals surface area contributed by atoms with E-state index < -0.39 is 5.54 Å². The zero-order valence-electron chi connectivity index (χ0n) is 14.7. The van der Waals surface area contributed by atoms with Gasteiger partial charge in [-0.1, -0.05) is 29.8 Å². The molecule has 2 aliphatic carbocycles. The van der Waals surface area contributed by atoms with Crippen molar-refractivity contribution in [1.29, 1.82) is 0 Å². The Morgan fingerprint density at radius 3 is 2.81 bits per heavy atom. The Labute approximate surface area is 165 Å². The molecule has 1 unspecified atom stereocenters. The van der Waals surface area contributed by atoms with Crippen LogP contribution in [0.15, 0.2) is 29.3 Å². The molecule has 1 spiro atoms. The fourth-order valence-electron chi connectivity index (χ4n) is 3.95. The van der Waals surface area contributed by atoms with Crippen molar-refractivity contribution in [2.24, 2.45) is 10.9 Å². The lowest BCUT2D eigenvalue weighted by molar-refractivity contribution is -0.145. The highest BCUT2D eigenvalue weighted by Gasteiger charge is 2.52. The first-order valence-corrected chi connectivity index (χ1v) is 10.1. The molecule has 1 aromatic carbocycles. The number of nitrogens with one attached hydrogen (secondary N) is 1. The van der Waals surface area contributed by atoms with Gasteiger partial charge in [0.15, 0.2) is 0 Å². The van der Waals surface area contributed by atoms with Gasteiger partial charge in [-0.25, -0.2) is 0 Å². The molecule has 3 aliphatic rings. The minimum Gasteiger partial charge on any atom is -0.469 e. The highest BCUT2D eigenvalue weighted by molar-refractivity contribution is 7.17. The van der Waals surface area contributed by atoms with E-state index in [1.165, 1.54) is 7.11 Å². The standard InChI is InChI=1S/C20H17ClN2O3S/c1-26-18(24)10-8-12-14(9-10)27-17-15(12)16(11-4-2-3-5-13(11)21)23-20(6-7-20)19(25)22-17/h2-5,10H,6-9H2,1H3,(H,22,25). The van der Waals surface area contributed by atoms with E-state index in [2.05, 4.69) is 5.32 Å². The number of rotatable bonds is 2. The van der Waals surface area contributed by atoms with Gasteiger partial charge in [-0.3, -0.25) is 14.6 Å². The monoisotopic (exact) mass is 400 g/mol. The van der Waals surface area contributed by atoms with Crippen molar-refractivity contribution in [3.8, 4) is 0 Å². The third-order valence-corrected chi connectivity index (χ3v) is 7.07. The first-order valence-electron chi connectivity index (χ1n) is 8.91. The highest BCUT2D eigenvalue weighted by atomic mass is 35.5. The van der Waals surface area contributed by atoms with E-state index in [1.54, 1.807) is 11.3 Å². The second kappa shape index (κ2) is 5.91. The predicted molar refractivity (Wildman–Crippen MR) is 105 cm³/mol. The zero-order valence-corrected chi connectivity index (χ0v) is 16.2. The number of carbonyl (C=O) groups is 2. The molecule has 5 nitrogen and oxygen atoms in total. The van der Waals surface area contributed by atoms with Gasteiger partial charge >= 0.3 is 5.97 Å². The lowest BCUT2D eigenvalue weighted by atomic mass is 9.97. The summed E-state index contributed by atoms with van der Waals surface area (Å²) in [4.78, 5) is 30.8. The Morgan fingerprint density at radius 2 is 2.11 bits per heavy atom. The van der Waals surface area contributed by atoms with Crippen LogP contribution in [0.4, 0.5) is 5.00 Å². The van der Waals surface area contributed by atoms with Crippen molar-refractivity contribution in [3.63, 3.8) is 0 Å². The molecule has 0 saturated heterocycles. The summed E-state index contributed by atoms with van der Waals surface area (Å²) in [5.41, 5.74) is 2.91. The molecule has 1 atom stereocenters. The molecule has 0 bridgehead atoms. The van der Waals surface area contributed by atoms with E-state index >= 15 is 0 Å². The fourth-order valence-corrected chi connectivity index (χ4v) is 5.48. The highest BCUT2D eigenvalue weighted by Crippen LogP contribution is 2.49. The SMILES string of the molecule is COC(=O)C1Cc2sc3c(c2C1)C(c1ccccc1Cl)=NC1(CC1)C(=O)N3. The maximum atomic E-state index is 12.8. The van der Waals surface area contributed by atoms with Gasteiger partial charge < -0.3 is 10.1 Å². The number of fused-ring (bicyclic) bond motifs is 3. The third-order valence-electron chi connectivity index (χ3n) is 5.57. The Morgan fingerprint density at radius 1 is 1.33 bits per heavy atom.